The summed E-state index contributed by atoms with van der Waals surface area (Å²) in [7, 11) is 0. The third kappa shape index (κ3) is 1.16. The molecule has 1 saturated carbocycles. The van der Waals surface area contributed by atoms with Gasteiger partial charge in [-0.3, -0.25) is 0 Å². The number of aromatic nitrogens is 1. The smallest absolute Gasteiger partial charge is 0.185 e. The van der Waals surface area contributed by atoms with Crippen LogP contribution in [0.5, 0.6) is 0 Å². The van der Waals surface area contributed by atoms with Crippen LogP contribution < -0.4 is 4.90 Å². The van der Waals surface area contributed by atoms with Gasteiger partial charge in [-0.2, -0.15) is 0 Å². The average Bonchev–Trinajstić information content (AvgIpc) is 2.77. The molecule has 1 aliphatic carbocycles. The molecule has 0 aromatic carbocycles. The highest BCUT2D eigenvalue weighted by atomic mass is 32.1. The van der Waals surface area contributed by atoms with Crippen LogP contribution in [-0.4, -0.2) is 28.8 Å². The topological polar surface area (TPSA) is 36.4 Å². The van der Waals surface area contributed by atoms with Crippen molar-refractivity contribution in [3.8, 4) is 0 Å². The van der Waals surface area contributed by atoms with Gasteiger partial charge in [-0.15, -0.1) is 11.3 Å². The molecule has 2 fully saturated rings. The van der Waals surface area contributed by atoms with Crippen molar-refractivity contribution in [1.82, 2.24) is 4.98 Å². The van der Waals surface area contributed by atoms with E-state index in [1.54, 1.807) is 11.3 Å². The Morgan fingerprint density at radius 3 is 2.85 bits per heavy atom. The molecule has 0 unspecified atom stereocenters. The minimum atomic E-state index is -0.383. The van der Waals surface area contributed by atoms with E-state index in [9.17, 15) is 5.11 Å². The monoisotopic (exact) mass is 196 g/mol. The predicted molar refractivity (Wildman–Crippen MR) is 52.0 cm³/mol. The van der Waals surface area contributed by atoms with Crippen molar-refractivity contribution in [2.75, 3.05) is 18.0 Å². The fraction of sp³-hybridized carbons (Fsp3) is 0.667. The Labute approximate surface area is 81.0 Å². The summed E-state index contributed by atoms with van der Waals surface area (Å²) in [6, 6.07) is 0. The molecule has 0 radical (unpaired) electrons. The maximum atomic E-state index is 10.1. The molecule has 1 aromatic rings. The van der Waals surface area contributed by atoms with E-state index in [-0.39, 0.29) is 5.60 Å². The largest absolute Gasteiger partial charge is 0.386 e. The lowest BCUT2D eigenvalue weighted by atomic mass is 9.89. The Morgan fingerprint density at radius 1 is 1.54 bits per heavy atom. The van der Waals surface area contributed by atoms with Crippen LogP contribution in [0.2, 0.25) is 0 Å². The fourth-order valence-electron chi connectivity index (χ4n) is 2.00. The minimum Gasteiger partial charge on any atom is -0.386 e. The number of thiazole rings is 1. The first kappa shape index (κ1) is 7.76. The second kappa shape index (κ2) is 2.45. The third-order valence-corrected chi connectivity index (χ3v) is 3.79. The molecule has 2 heterocycles. The lowest BCUT2D eigenvalue weighted by Gasteiger charge is -2.46. The quantitative estimate of drug-likeness (QED) is 0.769. The molecule has 0 spiro atoms. The van der Waals surface area contributed by atoms with Crippen molar-refractivity contribution in [2.45, 2.75) is 18.4 Å². The summed E-state index contributed by atoms with van der Waals surface area (Å²) in [5, 5.41) is 13.1. The number of hydrogen-bond acceptors (Lipinski definition) is 4. The highest BCUT2D eigenvalue weighted by molar-refractivity contribution is 7.13. The van der Waals surface area contributed by atoms with Crippen LogP contribution in [0.4, 0.5) is 5.13 Å². The number of anilines is 1. The molecule has 1 N–H and O–H groups in total. The van der Waals surface area contributed by atoms with E-state index in [1.807, 2.05) is 11.6 Å². The first-order chi connectivity index (χ1) is 6.28. The number of β-amino-alcohol motifs (C(OH)–C–C–N with tert-alkyl or cyclic N) is 1. The first-order valence-corrected chi connectivity index (χ1v) is 5.53. The summed E-state index contributed by atoms with van der Waals surface area (Å²) in [5.74, 6) is 0.573. The van der Waals surface area contributed by atoms with Crippen molar-refractivity contribution in [2.24, 2.45) is 5.92 Å². The Morgan fingerprint density at radius 2 is 2.31 bits per heavy atom. The van der Waals surface area contributed by atoms with Gasteiger partial charge in [0, 0.05) is 11.6 Å². The van der Waals surface area contributed by atoms with Gasteiger partial charge in [-0.1, -0.05) is 0 Å². The van der Waals surface area contributed by atoms with Gasteiger partial charge >= 0.3 is 0 Å². The zero-order chi connectivity index (χ0) is 8.89. The summed E-state index contributed by atoms with van der Waals surface area (Å²) < 4.78 is 0. The van der Waals surface area contributed by atoms with Crippen LogP contribution in [-0.2, 0) is 0 Å². The Balaban J connectivity index is 1.68. The summed E-state index contributed by atoms with van der Waals surface area (Å²) in [5.41, 5.74) is -0.383. The van der Waals surface area contributed by atoms with E-state index in [2.05, 4.69) is 9.88 Å². The van der Waals surface area contributed by atoms with Crippen LogP contribution in [0.3, 0.4) is 0 Å². The number of aliphatic hydroxyl groups is 1. The van der Waals surface area contributed by atoms with Crippen molar-refractivity contribution in [3.63, 3.8) is 0 Å². The zero-order valence-electron chi connectivity index (χ0n) is 7.31. The minimum absolute atomic E-state index is 0.383. The summed E-state index contributed by atoms with van der Waals surface area (Å²) in [6.45, 7) is 1.57. The summed E-state index contributed by atoms with van der Waals surface area (Å²) in [6.07, 6.45) is 4.24. The second-order valence-corrected chi connectivity index (χ2v) is 4.92. The van der Waals surface area contributed by atoms with Gasteiger partial charge in [0.2, 0.25) is 0 Å². The van der Waals surface area contributed by atoms with Gasteiger partial charge in [-0.05, 0) is 18.8 Å². The third-order valence-electron chi connectivity index (χ3n) is 2.96. The maximum absolute atomic E-state index is 10.1. The van der Waals surface area contributed by atoms with Crippen molar-refractivity contribution < 1.29 is 5.11 Å². The van der Waals surface area contributed by atoms with E-state index in [0.717, 1.165) is 18.2 Å². The van der Waals surface area contributed by atoms with Crippen molar-refractivity contribution in [3.05, 3.63) is 11.6 Å². The molecule has 3 nitrogen and oxygen atoms in total. The van der Waals surface area contributed by atoms with Crippen LogP contribution in [0.15, 0.2) is 11.6 Å². The lowest BCUT2D eigenvalue weighted by molar-refractivity contribution is -0.00931. The van der Waals surface area contributed by atoms with Gasteiger partial charge in [-0.25, -0.2) is 4.98 Å². The molecule has 1 aromatic heterocycles. The van der Waals surface area contributed by atoms with Crippen LogP contribution >= 0.6 is 11.3 Å². The van der Waals surface area contributed by atoms with Gasteiger partial charge in [0.25, 0.3) is 0 Å². The van der Waals surface area contributed by atoms with Crippen molar-refractivity contribution >= 4 is 16.5 Å². The second-order valence-electron chi connectivity index (χ2n) is 4.05. The fourth-order valence-corrected chi connectivity index (χ4v) is 2.64. The summed E-state index contributed by atoms with van der Waals surface area (Å²) >= 11 is 1.64. The molecule has 1 aliphatic heterocycles. The van der Waals surface area contributed by atoms with Gasteiger partial charge in [0.1, 0.15) is 5.60 Å². The zero-order valence-corrected chi connectivity index (χ0v) is 8.13. The summed E-state index contributed by atoms with van der Waals surface area (Å²) in [4.78, 5) is 6.37. The molecule has 0 bridgehead atoms. The van der Waals surface area contributed by atoms with Gasteiger partial charge in [0.15, 0.2) is 5.13 Å². The van der Waals surface area contributed by atoms with Crippen molar-refractivity contribution in [1.29, 1.82) is 0 Å². The molecule has 0 atom stereocenters. The molecule has 70 valence electrons. The number of nitrogens with zero attached hydrogens (tertiary/aromatic N) is 2. The molecule has 4 heteroatoms. The normalized spacial score (nSPS) is 25.8. The van der Waals surface area contributed by atoms with E-state index in [0.29, 0.717) is 5.92 Å². The molecular formula is C9H12N2OS. The molecule has 1 saturated heterocycles. The van der Waals surface area contributed by atoms with Crippen LogP contribution in [0.25, 0.3) is 0 Å². The van der Waals surface area contributed by atoms with Crippen LogP contribution in [0.1, 0.15) is 12.8 Å². The Bertz CT molecular complexity index is 301. The Hall–Kier alpha value is -0.610. The molecule has 2 aliphatic rings. The van der Waals surface area contributed by atoms with Gasteiger partial charge < -0.3 is 10.0 Å². The number of rotatable bonds is 2. The maximum Gasteiger partial charge on any atom is 0.185 e. The van der Waals surface area contributed by atoms with E-state index in [1.165, 1.54) is 12.8 Å². The number of hydrogen-bond donors (Lipinski definition) is 1. The molecule has 0 amide bonds. The lowest BCUT2D eigenvalue weighted by Crippen LogP contribution is -2.63. The standard InChI is InChI=1S/C9H12N2OS/c12-9(7-1-2-7)5-11(6-9)8-10-3-4-13-8/h3-4,7,12H,1-2,5-6H2. The highest BCUT2D eigenvalue weighted by Crippen LogP contribution is 2.45. The average molecular weight is 196 g/mol. The predicted octanol–water partition coefficient (Wildman–Crippen LogP) is 1.10. The molecule has 13 heavy (non-hydrogen) atoms. The van der Waals surface area contributed by atoms with E-state index >= 15 is 0 Å². The SMILES string of the molecule is OC1(C2CC2)CN(c2nccs2)C1. The van der Waals surface area contributed by atoms with Crippen LogP contribution in [0, 0.1) is 5.92 Å². The van der Waals surface area contributed by atoms with E-state index < -0.39 is 0 Å². The van der Waals surface area contributed by atoms with E-state index in [4.69, 9.17) is 0 Å². The first-order valence-electron chi connectivity index (χ1n) is 4.65. The highest BCUT2D eigenvalue weighted by Gasteiger charge is 2.52. The molecular weight excluding hydrogens is 184 g/mol. The van der Waals surface area contributed by atoms with Gasteiger partial charge in [0.05, 0.1) is 13.1 Å². The molecule has 3 rings (SSSR count). The Kier molecular flexibility index (Phi) is 1.46.